The Hall–Kier alpha value is -0.240. The molecule has 100 valence electrons. The summed E-state index contributed by atoms with van der Waals surface area (Å²) in [6, 6.07) is 5.68. The van der Waals surface area contributed by atoms with Crippen molar-refractivity contribution in [3.8, 4) is 0 Å². The van der Waals surface area contributed by atoms with Gasteiger partial charge in [0.2, 0.25) is 0 Å². The number of hydrogen-bond donors (Lipinski definition) is 1. The Kier molecular flexibility index (Phi) is 4.94. The average molecular weight is 286 g/mol. The highest BCUT2D eigenvalue weighted by Gasteiger charge is 2.26. The van der Waals surface area contributed by atoms with Crippen molar-refractivity contribution in [2.75, 3.05) is 6.54 Å². The maximum Gasteiger partial charge on any atom is 0.0465 e. The van der Waals surface area contributed by atoms with E-state index in [0.29, 0.717) is 5.41 Å². The van der Waals surface area contributed by atoms with Crippen molar-refractivity contribution in [2.45, 2.75) is 45.6 Å². The molecule has 1 saturated carbocycles. The summed E-state index contributed by atoms with van der Waals surface area (Å²) in [5, 5.41) is 5.03. The van der Waals surface area contributed by atoms with E-state index in [1.165, 1.54) is 32.1 Å². The second-order valence-electron chi connectivity index (χ2n) is 5.68. The van der Waals surface area contributed by atoms with Crippen LogP contribution in [0.4, 0.5) is 0 Å². The van der Waals surface area contributed by atoms with Crippen molar-refractivity contribution < 1.29 is 0 Å². The Labute approximate surface area is 120 Å². The van der Waals surface area contributed by atoms with Crippen LogP contribution in [0.25, 0.3) is 0 Å². The molecule has 1 nitrogen and oxygen atoms in total. The highest BCUT2D eigenvalue weighted by atomic mass is 35.5. The van der Waals surface area contributed by atoms with Gasteiger partial charge < -0.3 is 5.32 Å². The molecule has 0 amide bonds. The lowest BCUT2D eigenvalue weighted by atomic mass is 9.76. The molecule has 0 bridgehead atoms. The zero-order chi connectivity index (χ0) is 13.0. The number of nitrogens with one attached hydrogen (secondary N) is 1. The third kappa shape index (κ3) is 3.63. The number of halogens is 2. The van der Waals surface area contributed by atoms with E-state index in [-0.39, 0.29) is 0 Å². The topological polar surface area (TPSA) is 12.0 Å². The van der Waals surface area contributed by atoms with E-state index in [0.717, 1.165) is 28.7 Å². The predicted octanol–water partition coefficient (Wildman–Crippen LogP) is 5.05. The fourth-order valence-electron chi connectivity index (χ4n) is 2.77. The summed E-state index contributed by atoms with van der Waals surface area (Å²) in [7, 11) is 0. The minimum atomic E-state index is 0.450. The van der Waals surface area contributed by atoms with Gasteiger partial charge in [-0.05, 0) is 30.4 Å². The fourth-order valence-corrected chi connectivity index (χ4v) is 3.30. The summed E-state index contributed by atoms with van der Waals surface area (Å²) >= 11 is 12.3. The van der Waals surface area contributed by atoms with Gasteiger partial charge in [-0.1, -0.05) is 55.5 Å². The first-order valence-corrected chi connectivity index (χ1v) is 7.50. The van der Waals surface area contributed by atoms with Gasteiger partial charge in [-0.25, -0.2) is 0 Å². The van der Waals surface area contributed by atoms with Gasteiger partial charge in [-0.3, -0.25) is 0 Å². The van der Waals surface area contributed by atoms with Crippen molar-refractivity contribution in [3.05, 3.63) is 33.8 Å². The molecule has 1 aliphatic rings. The van der Waals surface area contributed by atoms with Gasteiger partial charge in [-0.2, -0.15) is 0 Å². The zero-order valence-corrected chi connectivity index (χ0v) is 12.4. The molecule has 2 rings (SSSR count). The summed E-state index contributed by atoms with van der Waals surface area (Å²) in [6.45, 7) is 4.19. The SMILES string of the molecule is CC1(CNCc2c(Cl)cccc2Cl)CCCCC1. The Bertz CT molecular complexity index is 377. The summed E-state index contributed by atoms with van der Waals surface area (Å²) in [6.07, 6.45) is 6.79. The van der Waals surface area contributed by atoms with Gasteiger partial charge in [0.1, 0.15) is 0 Å². The highest BCUT2D eigenvalue weighted by Crippen LogP contribution is 2.35. The van der Waals surface area contributed by atoms with Crippen LogP contribution in [-0.4, -0.2) is 6.54 Å². The fraction of sp³-hybridized carbons (Fsp3) is 0.600. The molecule has 0 radical (unpaired) electrons. The van der Waals surface area contributed by atoms with Crippen molar-refractivity contribution in [3.63, 3.8) is 0 Å². The van der Waals surface area contributed by atoms with Crippen LogP contribution in [0.5, 0.6) is 0 Å². The lowest BCUT2D eigenvalue weighted by Crippen LogP contribution is -2.33. The van der Waals surface area contributed by atoms with Gasteiger partial charge in [0.25, 0.3) is 0 Å². The van der Waals surface area contributed by atoms with Gasteiger partial charge in [-0.15, -0.1) is 0 Å². The normalized spacial score (nSPS) is 18.8. The smallest absolute Gasteiger partial charge is 0.0465 e. The van der Waals surface area contributed by atoms with E-state index in [9.17, 15) is 0 Å². The molecule has 18 heavy (non-hydrogen) atoms. The molecule has 0 unspecified atom stereocenters. The second kappa shape index (κ2) is 6.27. The average Bonchev–Trinajstić information content (AvgIpc) is 2.34. The summed E-state index contributed by atoms with van der Waals surface area (Å²) in [5.74, 6) is 0. The van der Waals surface area contributed by atoms with E-state index < -0.39 is 0 Å². The van der Waals surface area contributed by atoms with Crippen LogP contribution in [-0.2, 0) is 6.54 Å². The molecule has 3 heteroatoms. The van der Waals surface area contributed by atoms with Gasteiger partial charge in [0.05, 0.1) is 0 Å². The summed E-state index contributed by atoms with van der Waals surface area (Å²) in [4.78, 5) is 0. The van der Waals surface area contributed by atoms with E-state index >= 15 is 0 Å². The minimum absolute atomic E-state index is 0.450. The molecule has 0 atom stereocenters. The van der Waals surface area contributed by atoms with E-state index in [4.69, 9.17) is 23.2 Å². The van der Waals surface area contributed by atoms with Gasteiger partial charge in [0, 0.05) is 28.7 Å². The third-order valence-corrected chi connectivity index (χ3v) is 4.68. The Morgan fingerprint density at radius 2 is 1.72 bits per heavy atom. The predicted molar refractivity (Wildman–Crippen MR) is 79.4 cm³/mol. The van der Waals surface area contributed by atoms with E-state index in [1.54, 1.807) is 0 Å². The van der Waals surface area contributed by atoms with Crippen molar-refractivity contribution >= 4 is 23.2 Å². The molecule has 1 N–H and O–H groups in total. The number of benzene rings is 1. The van der Waals surface area contributed by atoms with Gasteiger partial charge >= 0.3 is 0 Å². The van der Waals surface area contributed by atoms with Crippen LogP contribution in [0.3, 0.4) is 0 Å². The van der Waals surface area contributed by atoms with Crippen LogP contribution < -0.4 is 5.32 Å². The second-order valence-corrected chi connectivity index (χ2v) is 6.49. The maximum atomic E-state index is 6.16. The third-order valence-electron chi connectivity index (χ3n) is 3.98. The largest absolute Gasteiger partial charge is 0.312 e. The lowest BCUT2D eigenvalue weighted by molar-refractivity contribution is 0.207. The number of rotatable bonds is 4. The van der Waals surface area contributed by atoms with Crippen LogP contribution >= 0.6 is 23.2 Å². The van der Waals surface area contributed by atoms with Crippen molar-refractivity contribution in [2.24, 2.45) is 5.41 Å². The summed E-state index contributed by atoms with van der Waals surface area (Å²) < 4.78 is 0. The lowest BCUT2D eigenvalue weighted by Gasteiger charge is -2.33. The molecule has 0 heterocycles. The van der Waals surface area contributed by atoms with E-state index in [1.807, 2.05) is 18.2 Å². The monoisotopic (exact) mass is 285 g/mol. The van der Waals surface area contributed by atoms with Crippen LogP contribution in [0.2, 0.25) is 10.0 Å². The maximum absolute atomic E-state index is 6.16. The molecular formula is C15H21Cl2N. The molecular weight excluding hydrogens is 265 g/mol. The van der Waals surface area contributed by atoms with E-state index in [2.05, 4.69) is 12.2 Å². The molecule has 1 aromatic carbocycles. The quantitative estimate of drug-likeness (QED) is 0.816. The molecule has 0 aromatic heterocycles. The standard InChI is InChI=1S/C15H21Cl2N/c1-15(8-3-2-4-9-15)11-18-10-12-13(16)6-5-7-14(12)17/h5-7,18H,2-4,8-11H2,1H3. The first-order valence-electron chi connectivity index (χ1n) is 6.74. The minimum Gasteiger partial charge on any atom is -0.312 e. The molecule has 1 aliphatic carbocycles. The van der Waals surface area contributed by atoms with Gasteiger partial charge in [0.15, 0.2) is 0 Å². The zero-order valence-electron chi connectivity index (χ0n) is 10.9. The first kappa shape index (κ1) is 14.2. The van der Waals surface area contributed by atoms with Crippen molar-refractivity contribution in [1.29, 1.82) is 0 Å². The highest BCUT2D eigenvalue weighted by molar-refractivity contribution is 6.35. The molecule has 1 fully saturated rings. The Morgan fingerprint density at radius 1 is 1.11 bits per heavy atom. The molecule has 0 spiro atoms. The Morgan fingerprint density at radius 3 is 2.33 bits per heavy atom. The first-order chi connectivity index (χ1) is 8.61. The van der Waals surface area contributed by atoms with Crippen LogP contribution in [0, 0.1) is 5.41 Å². The van der Waals surface area contributed by atoms with Crippen LogP contribution in [0.1, 0.15) is 44.6 Å². The van der Waals surface area contributed by atoms with Crippen LogP contribution in [0.15, 0.2) is 18.2 Å². The van der Waals surface area contributed by atoms with Crippen molar-refractivity contribution in [1.82, 2.24) is 5.32 Å². The number of hydrogen-bond acceptors (Lipinski definition) is 1. The molecule has 0 saturated heterocycles. The summed E-state index contributed by atoms with van der Waals surface area (Å²) in [5.41, 5.74) is 1.46. The molecule has 1 aromatic rings. The Balaban J connectivity index is 1.88. The molecule has 0 aliphatic heterocycles.